The zero-order valence-corrected chi connectivity index (χ0v) is 18.1. The van der Waals surface area contributed by atoms with Crippen LogP contribution in [0.5, 0.6) is 5.75 Å². The lowest BCUT2D eigenvalue weighted by molar-refractivity contribution is 0.0963. The second kappa shape index (κ2) is 8.30. The fraction of sp³-hybridized carbons (Fsp3) is 0.192. The molecule has 0 spiro atoms. The Kier molecular flexibility index (Phi) is 5.19. The lowest BCUT2D eigenvalue weighted by Gasteiger charge is -2.39. The molecule has 1 aliphatic heterocycles. The van der Waals surface area contributed by atoms with Crippen LogP contribution < -0.4 is 9.64 Å². The van der Waals surface area contributed by atoms with Crippen LogP contribution in [0.4, 0.5) is 5.95 Å². The van der Waals surface area contributed by atoms with Crippen molar-refractivity contribution in [1.82, 2.24) is 14.8 Å². The Morgan fingerprint density at radius 3 is 2.53 bits per heavy atom. The van der Waals surface area contributed by atoms with E-state index in [1.165, 1.54) is 6.33 Å². The second-order valence-electron chi connectivity index (χ2n) is 7.97. The topological polar surface area (TPSA) is 60.2 Å². The van der Waals surface area contributed by atoms with Gasteiger partial charge in [-0.1, -0.05) is 66.2 Å². The molecule has 5 rings (SSSR count). The summed E-state index contributed by atoms with van der Waals surface area (Å²) in [5.41, 5.74) is 3.75. The highest BCUT2D eigenvalue weighted by molar-refractivity contribution is 6.06. The number of carbonyl (C=O) groups is 1. The lowest BCUT2D eigenvalue weighted by Crippen LogP contribution is -2.42. The largest absolute Gasteiger partial charge is 0.496 e. The standard InChI is InChI=1S/C26H24N4O2/c1-18-9-8-12-20(15-18)25(31)29-22(19-10-4-3-5-11-19)16-23(30-26(29)27-17-28-30)21-13-6-7-14-24(21)32-2/h3-15,17,22-23H,16H2,1-2H3. The predicted octanol–water partition coefficient (Wildman–Crippen LogP) is 4.98. The summed E-state index contributed by atoms with van der Waals surface area (Å²) in [6.45, 7) is 1.99. The Morgan fingerprint density at radius 2 is 1.75 bits per heavy atom. The number of aromatic nitrogens is 3. The Bertz CT molecular complexity index is 1250. The molecule has 0 radical (unpaired) electrons. The van der Waals surface area contributed by atoms with E-state index in [1.807, 2.05) is 72.3 Å². The summed E-state index contributed by atoms with van der Waals surface area (Å²) >= 11 is 0. The number of hydrogen-bond acceptors (Lipinski definition) is 4. The molecule has 1 aromatic heterocycles. The van der Waals surface area contributed by atoms with Gasteiger partial charge >= 0.3 is 0 Å². The van der Waals surface area contributed by atoms with Crippen LogP contribution in [0.3, 0.4) is 0 Å². The highest BCUT2D eigenvalue weighted by Gasteiger charge is 2.40. The molecule has 2 atom stereocenters. The van der Waals surface area contributed by atoms with Crippen molar-refractivity contribution in [2.45, 2.75) is 25.4 Å². The molecule has 2 heterocycles. The van der Waals surface area contributed by atoms with Crippen molar-refractivity contribution in [2.24, 2.45) is 0 Å². The number of fused-ring (bicyclic) bond motifs is 1. The Labute approximate surface area is 187 Å². The molecular weight excluding hydrogens is 400 g/mol. The summed E-state index contributed by atoms with van der Waals surface area (Å²) in [6.07, 6.45) is 2.17. The molecule has 6 heteroatoms. The minimum absolute atomic E-state index is 0.0877. The minimum atomic E-state index is -0.198. The van der Waals surface area contributed by atoms with E-state index in [4.69, 9.17) is 4.74 Å². The maximum absolute atomic E-state index is 13.8. The van der Waals surface area contributed by atoms with Gasteiger partial charge in [-0.25, -0.2) is 4.68 Å². The van der Waals surface area contributed by atoms with Crippen molar-refractivity contribution in [3.05, 3.63) is 107 Å². The number of nitrogens with zero attached hydrogens (tertiary/aromatic N) is 4. The first-order valence-corrected chi connectivity index (χ1v) is 10.6. The number of rotatable bonds is 4. The Morgan fingerprint density at radius 1 is 0.969 bits per heavy atom. The van der Waals surface area contributed by atoms with Crippen LogP contribution in [0, 0.1) is 6.92 Å². The molecule has 1 aliphatic rings. The summed E-state index contributed by atoms with van der Waals surface area (Å²) < 4.78 is 7.48. The van der Waals surface area contributed by atoms with Gasteiger partial charge in [0.2, 0.25) is 5.95 Å². The normalized spacial score (nSPS) is 17.6. The first-order chi connectivity index (χ1) is 15.7. The fourth-order valence-electron chi connectivity index (χ4n) is 4.50. The highest BCUT2D eigenvalue weighted by Crippen LogP contribution is 2.44. The van der Waals surface area contributed by atoms with Crippen molar-refractivity contribution in [3.8, 4) is 5.75 Å². The van der Waals surface area contributed by atoms with Gasteiger partial charge < -0.3 is 4.74 Å². The van der Waals surface area contributed by atoms with E-state index in [2.05, 4.69) is 28.3 Å². The maximum Gasteiger partial charge on any atom is 0.261 e. The van der Waals surface area contributed by atoms with Gasteiger partial charge in [0.1, 0.15) is 12.1 Å². The SMILES string of the molecule is COc1ccccc1C1CC(c2ccccc2)N(C(=O)c2cccc(C)c2)c2ncnn21. The zero-order valence-electron chi connectivity index (χ0n) is 18.1. The van der Waals surface area contributed by atoms with E-state index < -0.39 is 0 Å². The number of ether oxygens (including phenoxy) is 1. The summed E-state index contributed by atoms with van der Waals surface area (Å²) in [4.78, 5) is 20.1. The zero-order chi connectivity index (χ0) is 22.1. The molecule has 0 aliphatic carbocycles. The van der Waals surface area contributed by atoms with Gasteiger partial charge in [0.25, 0.3) is 5.91 Å². The smallest absolute Gasteiger partial charge is 0.261 e. The average molecular weight is 425 g/mol. The van der Waals surface area contributed by atoms with E-state index in [1.54, 1.807) is 12.0 Å². The molecule has 0 fully saturated rings. The van der Waals surface area contributed by atoms with E-state index in [9.17, 15) is 4.79 Å². The van der Waals surface area contributed by atoms with Crippen molar-refractivity contribution in [1.29, 1.82) is 0 Å². The number of carbonyl (C=O) groups excluding carboxylic acids is 1. The van der Waals surface area contributed by atoms with Crippen LogP contribution in [0.1, 0.15) is 45.6 Å². The lowest BCUT2D eigenvalue weighted by atomic mass is 9.91. The van der Waals surface area contributed by atoms with Gasteiger partial charge in [0.15, 0.2) is 0 Å². The van der Waals surface area contributed by atoms with Crippen LogP contribution in [-0.2, 0) is 0 Å². The van der Waals surface area contributed by atoms with Gasteiger partial charge in [-0.2, -0.15) is 10.1 Å². The van der Waals surface area contributed by atoms with Gasteiger partial charge in [-0.3, -0.25) is 9.69 Å². The average Bonchev–Trinajstić information content (AvgIpc) is 3.33. The molecule has 0 saturated carbocycles. The fourth-order valence-corrected chi connectivity index (χ4v) is 4.50. The first kappa shape index (κ1) is 20.0. The van der Waals surface area contributed by atoms with E-state index >= 15 is 0 Å². The number of hydrogen-bond donors (Lipinski definition) is 0. The molecule has 0 N–H and O–H groups in total. The highest BCUT2D eigenvalue weighted by atomic mass is 16.5. The third kappa shape index (κ3) is 3.43. The van der Waals surface area contributed by atoms with Crippen LogP contribution in [-0.4, -0.2) is 27.8 Å². The number of amides is 1. The maximum atomic E-state index is 13.8. The van der Waals surface area contributed by atoms with Crippen LogP contribution >= 0.6 is 0 Å². The summed E-state index contributed by atoms with van der Waals surface area (Å²) in [5, 5.41) is 4.52. The molecule has 32 heavy (non-hydrogen) atoms. The molecule has 4 aromatic rings. The molecule has 1 amide bonds. The molecule has 160 valence electrons. The van der Waals surface area contributed by atoms with Crippen molar-refractivity contribution >= 4 is 11.9 Å². The number of anilines is 1. The summed E-state index contributed by atoms with van der Waals surface area (Å²) in [5.74, 6) is 1.24. The molecular formula is C26H24N4O2. The monoisotopic (exact) mass is 424 g/mol. The third-order valence-electron chi connectivity index (χ3n) is 5.99. The number of benzene rings is 3. The first-order valence-electron chi connectivity index (χ1n) is 10.6. The van der Waals surface area contributed by atoms with Gasteiger partial charge in [-0.15, -0.1) is 0 Å². The van der Waals surface area contributed by atoms with Gasteiger partial charge in [-0.05, 0) is 37.1 Å². The quantitative estimate of drug-likeness (QED) is 0.464. The second-order valence-corrected chi connectivity index (χ2v) is 7.97. The van der Waals surface area contributed by atoms with Gasteiger partial charge in [0.05, 0.1) is 19.2 Å². The van der Waals surface area contributed by atoms with E-state index in [-0.39, 0.29) is 18.0 Å². The predicted molar refractivity (Wildman–Crippen MR) is 123 cm³/mol. The molecule has 0 saturated heterocycles. The Balaban J connectivity index is 1.67. The van der Waals surface area contributed by atoms with Crippen molar-refractivity contribution in [2.75, 3.05) is 12.0 Å². The van der Waals surface area contributed by atoms with Crippen LogP contribution in [0.2, 0.25) is 0 Å². The van der Waals surface area contributed by atoms with Crippen molar-refractivity contribution < 1.29 is 9.53 Å². The van der Waals surface area contributed by atoms with Crippen LogP contribution in [0.15, 0.2) is 85.2 Å². The van der Waals surface area contributed by atoms with E-state index in [0.717, 1.165) is 22.4 Å². The molecule has 2 unspecified atom stereocenters. The number of para-hydroxylation sites is 1. The van der Waals surface area contributed by atoms with Crippen molar-refractivity contribution in [3.63, 3.8) is 0 Å². The summed E-state index contributed by atoms with van der Waals surface area (Å²) in [6, 6.07) is 25.4. The Hall–Kier alpha value is -3.93. The van der Waals surface area contributed by atoms with Gasteiger partial charge in [0, 0.05) is 11.1 Å². The molecule has 0 bridgehead atoms. The minimum Gasteiger partial charge on any atom is -0.496 e. The third-order valence-corrected chi connectivity index (χ3v) is 5.99. The molecule has 3 aromatic carbocycles. The number of aryl methyl sites for hydroxylation is 1. The molecule has 6 nitrogen and oxygen atoms in total. The number of methoxy groups -OCH3 is 1. The van der Waals surface area contributed by atoms with E-state index in [0.29, 0.717) is 17.9 Å². The van der Waals surface area contributed by atoms with Crippen LogP contribution in [0.25, 0.3) is 0 Å². The summed E-state index contributed by atoms with van der Waals surface area (Å²) in [7, 11) is 1.67.